The highest BCUT2D eigenvalue weighted by molar-refractivity contribution is 6.33. The number of nitrogens with zero attached hydrogens (tertiary/aromatic N) is 4. The number of hydrogen-bond acceptors (Lipinski definition) is 7. The maximum atomic E-state index is 6.00. The minimum atomic E-state index is 0.521. The lowest BCUT2D eigenvalue weighted by Gasteiger charge is -2.34. The van der Waals surface area contributed by atoms with E-state index in [1.807, 2.05) is 13.0 Å². The second-order valence-corrected chi connectivity index (χ2v) is 7.96. The van der Waals surface area contributed by atoms with Crippen molar-refractivity contribution in [3.05, 3.63) is 59.2 Å². The van der Waals surface area contributed by atoms with Gasteiger partial charge in [0.05, 0.1) is 10.7 Å². The van der Waals surface area contributed by atoms with Crippen molar-refractivity contribution in [1.29, 1.82) is 0 Å². The predicted octanol–water partition coefficient (Wildman–Crippen LogP) is 4.26. The number of benzene rings is 2. The van der Waals surface area contributed by atoms with E-state index in [4.69, 9.17) is 17.3 Å². The standard InChI is InChI=1S/C22H26ClN7/c1-15-14-25-22(28-21(15)26-17-5-8-19(23)20(24)13-17)27-16-3-6-18(7-4-16)30-11-9-29(2)10-12-30/h3-8,13-14H,9-12,24H2,1-2H3,(H2,25,26,27,28). The molecular weight excluding hydrogens is 398 g/mol. The number of piperazine rings is 1. The first-order valence-corrected chi connectivity index (χ1v) is 10.3. The molecule has 8 heteroatoms. The van der Waals surface area contributed by atoms with Crippen LogP contribution in [0.3, 0.4) is 0 Å². The summed E-state index contributed by atoms with van der Waals surface area (Å²) < 4.78 is 0. The normalized spacial score (nSPS) is 14.6. The molecule has 3 aromatic rings. The lowest BCUT2D eigenvalue weighted by molar-refractivity contribution is 0.313. The third-order valence-corrected chi connectivity index (χ3v) is 5.57. The van der Waals surface area contributed by atoms with Gasteiger partial charge in [-0.25, -0.2) is 4.98 Å². The number of aromatic nitrogens is 2. The Morgan fingerprint density at radius 1 is 0.967 bits per heavy atom. The third-order valence-electron chi connectivity index (χ3n) is 5.22. The van der Waals surface area contributed by atoms with Gasteiger partial charge in [0.1, 0.15) is 5.82 Å². The molecule has 1 fully saturated rings. The molecule has 1 aliphatic heterocycles. The van der Waals surface area contributed by atoms with Gasteiger partial charge in [-0.3, -0.25) is 0 Å². The van der Waals surface area contributed by atoms with Crippen molar-refractivity contribution in [3.63, 3.8) is 0 Å². The molecular formula is C22H26ClN7. The monoisotopic (exact) mass is 423 g/mol. The molecule has 4 N–H and O–H groups in total. The number of nitrogens with one attached hydrogen (secondary N) is 2. The summed E-state index contributed by atoms with van der Waals surface area (Å²) in [5, 5.41) is 7.09. The van der Waals surface area contributed by atoms with Crippen molar-refractivity contribution in [2.24, 2.45) is 0 Å². The maximum Gasteiger partial charge on any atom is 0.229 e. The van der Waals surface area contributed by atoms with Gasteiger partial charge in [-0.1, -0.05) is 11.6 Å². The predicted molar refractivity (Wildman–Crippen MR) is 125 cm³/mol. The van der Waals surface area contributed by atoms with Gasteiger partial charge in [0.25, 0.3) is 0 Å². The molecule has 2 aromatic carbocycles. The number of anilines is 6. The molecule has 2 heterocycles. The lowest BCUT2D eigenvalue weighted by atomic mass is 10.2. The summed E-state index contributed by atoms with van der Waals surface area (Å²) in [6, 6.07) is 13.8. The fraction of sp³-hybridized carbons (Fsp3) is 0.273. The summed E-state index contributed by atoms with van der Waals surface area (Å²) in [6.45, 7) is 6.23. The van der Waals surface area contributed by atoms with E-state index in [9.17, 15) is 0 Å². The molecule has 0 spiro atoms. The Morgan fingerprint density at radius 3 is 2.37 bits per heavy atom. The fourth-order valence-electron chi connectivity index (χ4n) is 3.34. The number of halogens is 1. The Morgan fingerprint density at radius 2 is 1.67 bits per heavy atom. The van der Waals surface area contributed by atoms with Crippen LogP contribution in [0.2, 0.25) is 5.02 Å². The van der Waals surface area contributed by atoms with Crippen molar-refractivity contribution in [2.75, 3.05) is 54.5 Å². The second-order valence-electron chi connectivity index (χ2n) is 7.55. The van der Waals surface area contributed by atoms with Crippen LogP contribution in [0.5, 0.6) is 0 Å². The molecule has 0 bridgehead atoms. The van der Waals surface area contributed by atoms with Gasteiger partial charge in [0.2, 0.25) is 5.95 Å². The average molecular weight is 424 g/mol. The second kappa shape index (κ2) is 8.77. The molecule has 156 valence electrons. The van der Waals surface area contributed by atoms with E-state index in [1.165, 1.54) is 5.69 Å². The third kappa shape index (κ3) is 4.75. The van der Waals surface area contributed by atoms with Gasteiger partial charge in [-0.2, -0.15) is 4.98 Å². The first-order chi connectivity index (χ1) is 14.5. The van der Waals surface area contributed by atoms with Crippen LogP contribution < -0.4 is 21.3 Å². The number of hydrogen-bond donors (Lipinski definition) is 3. The largest absolute Gasteiger partial charge is 0.397 e. The Hall–Kier alpha value is -3.03. The average Bonchev–Trinajstić information content (AvgIpc) is 2.74. The molecule has 0 radical (unpaired) electrons. The van der Waals surface area contributed by atoms with E-state index in [-0.39, 0.29) is 0 Å². The highest BCUT2D eigenvalue weighted by Gasteiger charge is 2.14. The van der Waals surface area contributed by atoms with Crippen molar-refractivity contribution in [3.8, 4) is 0 Å². The molecule has 1 aromatic heterocycles. The van der Waals surface area contributed by atoms with Gasteiger partial charge in [-0.15, -0.1) is 0 Å². The SMILES string of the molecule is Cc1cnc(Nc2ccc(N3CCN(C)CC3)cc2)nc1Nc1ccc(Cl)c(N)c1. The molecule has 4 rings (SSSR count). The van der Waals surface area contributed by atoms with Gasteiger partial charge in [0.15, 0.2) is 0 Å². The summed E-state index contributed by atoms with van der Waals surface area (Å²) >= 11 is 6.00. The van der Waals surface area contributed by atoms with Gasteiger partial charge >= 0.3 is 0 Å². The summed E-state index contributed by atoms with van der Waals surface area (Å²) in [6.07, 6.45) is 1.79. The van der Waals surface area contributed by atoms with Crippen LogP contribution >= 0.6 is 11.6 Å². The maximum absolute atomic E-state index is 6.00. The first kappa shape index (κ1) is 20.3. The van der Waals surface area contributed by atoms with Crippen LogP contribution in [0.4, 0.5) is 34.5 Å². The van der Waals surface area contributed by atoms with Gasteiger partial charge in [-0.05, 0) is 56.4 Å². The Bertz CT molecular complexity index is 1010. The number of likely N-dealkylation sites (N-methyl/N-ethyl adjacent to an activating group) is 1. The van der Waals surface area contributed by atoms with Crippen LogP contribution in [0, 0.1) is 6.92 Å². The van der Waals surface area contributed by atoms with E-state index in [2.05, 4.69) is 61.7 Å². The first-order valence-electron chi connectivity index (χ1n) is 9.94. The zero-order chi connectivity index (χ0) is 21.1. The number of aryl methyl sites for hydroxylation is 1. The van der Waals surface area contributed by atoms with E-state index in [0.717, 1.165) is 43.1 Å². The number of rotatable bonds is 5. The molecule has 0 aliphatic carbocycles. The van der Waals surface area contributed by atoms with Crippen LogP contribution in [0.15, 0.2) is 48.7 Å². The van der Waals surface area contributed by atoms with Crippen LogP contribution in [0.25, 0.3) is 0 Å². The van der Waals surface area contributed by atoms with Gasteiger partial charge < -0.3 is 26.2 Å². The summed E-state index contributed by atoms with van der Waals surface area (Å²) in [5.41, 5.74) is 10.3. The van der Waals surface area contributed by atoms with Crippen LogP contribution in [-0.4, -0.2) is 48.1 Å². The van der Waals surface area contributed by atoms with E-state index in [1.54, 1.807) is 18.3 Å². The highest BCUT2D eigenvalue weighted by atomic mass is 35.5. The van der Waals surface area contributed by atoms with Crippen LogP contribution in [-0.2, 0) is 0 Å². The van der Waals surface area contributed by atoms with Crippen molar-refractivity contribution in [2.45, 2.75) is 6.92 Å². The van der Waals surface area contributed by atoms with Gasteiger partial charge in [0, 0.05) is 55.0 Å². The zero-order valence-corrected chi connectivity index (χ0v) is 17.9. The molecule has 0 saturated carbocycles. The lowest BCUT2D eigenvalue weighted by Crippen LogP contribution is -2.44. The molecule has 1 aliphatic rings. The summed E-state index contributed by atoms with van der Waals surface area (Å²) in [5.74, 6) is 1.24. The van der Waals surface area contributed by atoms with E-state index < -0.39 is 0 Å². The molecule has 0 atom stereocenters. The zero-order valence-electron chi connectivity index (χ0n) is 17.2. The smallest absolute Gasteiger partial charge is 0.229 e. The molecule has 0 amide bonds. The van der Waals surface area contributed by atoms with E-state index >= 15 is 0 Å². The molecule has 1 saturated heterocycles. The Kier molecular flexibility index (Phi) is 5.92. The van der Waals surface area contributed by atoms with Crippen molar-refractivity contribution in [1.82, 2.24) is 14.9 Å². The summed E-state index contributed by atoms with van der Waals surface area (Å²) in [7, 11) is 2.16. The summed E-state index contributed by atoms with van der Waals surface area (Å²) in [4.78, 5) is 13.8. The Labute approximate surface area is 181 Å². The van der Waals surface area contributed by atoms with Crippen LogP contribution in [0.1, 0.15) is 5.56 Å². The molecule has 30 heavy (non-hydrogen) atoms. The molecule has 7 nitrogen and oxygen atoms in total. The van der Waals surface area contributed by atoms with E-state index in [0.29, 0.717) is 22.5 Å². The molecule has 0 unspecified atom stereocenters. The fourth-order valence-corrected chi connectivity index (χ4v) is 3.45. The number of nitrogens with two attached hydrogens (primary N) is 1. The minimum Gasteiger partial charge on any atom is -0.397 e. The Balaban J connectivity index is 1.45. The topological polar surface area (TPSA) is 82.3 Å². The number of nitrogen functional groups attached to an aromatic ring is 1. The highest BCUT2D eigenvalue weighted by Crippen LogP contribution is 2.26. The quantitative estimate of drug-likeness (QED) is 0.529. The van der Waals surface area contributed by atoms with Crippen molar-refractivity contribution < 1.29 is 0 Å². The van der Waals surface area contributed by atoms with Crippen molar-refractivity contribution >= 4 is 46.1 Å². The minimum absolute atomic E-state index is 0.521.